The summed E-state index contributed by atoms with van der Waals surface area (Å²) >= 11 is 0. The Morgan fingerprint density at radius 2 is 2.12 bits per heavy atom. The van der Waals surface area contributed by atoms with Crippen LogP contribution in [0, 0.1) is 13.8 Å². The fourth-order valence-electron chi connectivity index (χ4n) is 1.11. The summed E-state index contributed by atoms with van der Waals surface area (Å²) in [7, 11) is 0. The van der Waals surface area contributed by atoms with Crippen molar-refractivity contribution in [2.45, 2.75) is 26.6 Å². The highest BCUT2D eigenvalue weighted by Crippen LogP contribution is 2.15. The van der Waals surface area contributed by atoms with Crippen molar-refractivity contribution < 1.29 is 27.2 Å². The molecule has 0 saturated carbocycles. The molecule has 0 saturated heterocycles. The molecule has 1 aromatic heterocycles. The maximum atomic E-state index is 11.7. The van der Waals surface area contributed by atoms with Gasteiger partial charge >= 0.3 is 12.3 Å². The number of aromatic nitrogens is 1. The lowest BCUT2D eigenvalue weighted by molar-refractivity contribution is -0.160. The number of alkyl carbamates (subject to hydrolysis) is 1. The molecule has 0 unspecified atom stereocenters. The number of hydrogen-bond donors (Lipinski definition) is 1. The van der Waals surface area contributed by atoms with Crippen LogP contribution in [0.1, 0.15) is 17.0 Å². The minimum atomic E-state index is -4.53. The topological polar surface area (TPSA) is 64.4 Å². The summed E-state index contributed by atoms with van der Waals surface area (Å²) in [5, 5.41) is 5.81. The highest BCUT2D eigenvalue weighted by atomic mass is 19.4. The average molecular weight is 252 g/mol. The number of hydrogen-bond acceptors (Lipinski definition) is 4. The Bertz CT molecular complexity index is 381. The maximum Gasteiger partial charge on any atom is 0.422 e. The van der Waals surface area contributed by atoms with Gasteiger partial charge in [0.25, 0.3) is 0 Å². The van der Waals surface area contributed by atoms with Gasteiger partial charge in [-0.3, -0.25) is 0 Å². The van der Waals surface area contributed by atoms with Crippen molar-refractivity contribution in [2.75, 3.05) is 6.61 Å². The second kappa shape index (κ2) is 5.07. The summed E-state index contributed by atoms with van der Waals surface area (Å²) in [6, 6.07) is 0. The molecule has 1 rings (SSSR count). The number of alkyl halides is 3. The predicted octanol–water partition coefficient (Wildman–Crippen LogP) is 2.08. The summed E-state index contributed by atoms with van der Waals surface area (Å²) in [5.41, 5.74) is 1.19. The lowest BCUT2D eigenvalue weighted by Crippen LogP contribution is -2.28. The van der Waals surface area contributed by atoms with Gasteiger partial charge in [-0.15, -0.1) is 0 Å². The zero-order valence-electron chi connectivity index (χ0n) is 9.22. The van der Waals surface area contributed by atoms with Gasteiger partial charge in [0, 0.05) is 5.56 Å². The molecule has 0 aromatic carbocycles. The van der Waals surface area contributed by atoms with Gasteiger partial charge < -0.3 is 14.6 Å². The van der Waals surface area contributed by atoms with E-state index in [1.165, 1.54) is 0 Å². The highest BCUT2D eigenvalue weighted by molar-refractivity contribution is 5.67. The van der Waals surface area contributed by atoms with Crippen molar-refractivity contribution in [2.24, 2.45) is 0 Å². The maximum absolute atomic E-state index is 11.7. The zero-order chi connectivity index (χ0) is 13.1. The summed E-state index contributed by atoms with van der Waals surface area (Å²) < 4.78 is 44.0. The van der Waals surface area contributed by atoms with E-state index in [9.17, 15) is 18.0 Å². The van der Waals surface area contributed by atoms with E-state index >= 15 is 0 Å². The van der Waals surface area contributed by atoms with Crippen LogP contribution in [0.15, 0.2) is 4.52 Å². The third kappa shape index (κ3) is 4.33. The summed E-state index contributed by atoms with van der Waals surface area (Å²) in [5.74, 6) is 0.499. The Morgan fingerprint density at radius 3 is 2.59 bits per heavy atom. The molecule has 0 radical (unpaired) electrons. The molecule has 0 aliphatic rings. The first-order valence-corrected chi connectivity index (χ1v) is 4.68. The van der Waals surface area contributed by atoms with E-state index in [-0.39, 0.29) is 6.54 Å². The lowest BCUT2D eigenvalue weighted by atomic mass is 10.2. The first kappa shape index (κ1) is 13.3. The monoisotopic (exact) mass is 252 g/mol. The predicted molar refractivity (Wildman–Crippen MR) is 50.2 cm³/mol. The molecule has 17 heavy (non-hydrogen) atoms. The molecule has 0 aliphatic carbocycles. The summed E-state index contributed by atoms with van der Waals surface area (Å²) in [4.78, 5) is 10.9. The van der Waals surface area contributed by atoms with Crippen molar-refractivity contribution in [1.82, 2.24) is 10.5 Å². The van der Waals surface area contributed by atoms with Crippen molar-refractivity contribution in [1.29, 1.82) is 0 Å². The van der Waals surface area contributed by atoms with Crippen molar-refractivity contribution in [3.63, 3.8) is 0 Å². The lowest BCUT2D eigenvalue weighted by Gasteiger charge is -2.08. The van der Waals surface area contributed by atoms with Crippen LogP contribution in [0.25, 0.3) is 0 Å². The molecule has 0 fully saturated rings. The van der Waals surface area contributed by atoms with Crippen LogP contribution in [0.4, 0.5) is 18.0 Å². The fraction of sp³-hybridized carbons (Fsp3) is 0.556. The molecule has 96 valence electrons. The van der Waals surface area contributed by atoms with Crippen LogP contribution in [-0.2, 0) is 11.3 Å². The molecule has 1 N–H and O–H groups in total. The number of amides is 1. The molecule has 0 aliphatic heterocycles. The van der Waals surface area contributed by atoms with E-state index < -0.39 is 18.9 Å². The third-order valence-corrected chi connectivity index (χ3v) is 1.96. The average Bonchev–Trinajstić information content (AvgIpc) is 2.52. The highest BCUT2D eigenvalue weighted by Gasteiger charge is 2.29. The van der Waals surface area contributed by atoms with Crippen LogP contribution < -0.4 is 5.32 Å². The summed E-state index contributed by atoms with van der Waals surface area (Å²) in [6.45, 7) is 1.70. The van der Waals surface area contributed by atoms with Gasteiger partial charge in [-0.05, 0) is 13.8 Å². The number of nitrogens with zero attached hydrogens (tertiary/aromatic N) is 1. The van der Waals surface area contributed by atoms with Crippen LogP contribution in [-0.4, -0.2) is 24.0 Å². The van der Waals surface area contributed by atoms with Crippen LogP contribution in [0.5, 0.6) is 0 Å². The van der Waals surface area contributed by atoms with Gasteiger partial charge in [0.05, 0.1) is 12.2 Å². The molecule has 8 heteroatoms. The van der Waals surface area contributed by atoms with E-state index in [0.29, 0.717) is 17.0 Å². The van der Waals surface area contributed by atoms with Gasteiger partial charge in [-0.25, -0.2) is 4.79 Å². The molecule has 1 aromatic rings. The number of carbonyl (C=O) groups is 1. The Kier molecular flexibility index (Phi) is 3.97. The number of halogens is 3. The van der Waals surface area contributed by atoms with Gasteiger partial charge in [-0.1, -0.05) is 5.16 Å². The van der Waals surface area contributed by atoms with E-state index in [1.54, 1.807) is 13.8 Å². The van der Waals surface area contributed by atoms with E-state index in [1.807, 2.05) is 0 Å². The summed E-state index contributed by atoms with van der Waals surface area (Å²) in [6.07, 6.45) is -5.66. The smallest absolute Gasteiger partial charge is 0.422 e. The van der Waals surface area contributed by atoms with E-state index in [4.69, 9.17) is 4.52 Å². The minimum absolute atomic E-state index is 0.0118. The molecular weight excluding hydrogens is 241 g/mol. The van der Waals surface area contributed by atoms with Gasteiger partial charge in [0.2, 0.25) is 0 Å². The largest absolute Gasteiger partial charge is 0.440 e. The molecular formula is C9H11F3N2O3. The first-order valence-electron chi connectivity index (χ1n) is 4.68. The quantitative estimate of drug-likeness (QED) is 0.894. The molecule has 5 nitrogen and oxygen atoms in total. The molecule has 0 bridgehead atoms. The van der Waals surface area contributed by atoms with Crippen molar-refractivity contribution in [3.05, 3.63) is 17.0 Å². The zero-order valence-corrected chi connectivity index (χ0v) is 9.22. The third-order valence-electron chi connectivity index (χ3n) is 1.96. The molecule has 1 amide bonds. The Morgan fingerprint density at radius 1 is 1.47 bits per heavy atom. The van der Waals surface area contributed by atoms with Crippen LogP contribution in [0.3, 0.4) is 0 Å². The molecule has 0 atom stereocenters. The van der Waals surface area contributed by atoms with Gasteiger partial charge in [0.1, 0.15) is 5.76 Å². The van der Waals surface area contributed by atoms with Gasteiger partial charge in [-0.2, -0.15) is 13.2 Å². The number of ether oxygens (including phenoxy) is 1. The Labute approximate surface area is 94.9 Å². The second-order valence-corrected chi connectivity index (χ2v) is 3.35. The van der Waals surface area contributed by atoms with Crippen LogP contribution in [0.2, 0.25) is 0 Å². The van der Waals surface area contributed by atoms with Crippen LogP contribution >= 0.6 is 0 Å². The Hall–Kier alpha value is -1.73. The molecule has 1 heterocycles. The van der Waals surface area contributed by atoms with Crippen molar-refractivity contribution >= 4 is 6.09 Å². The normalized spacial score (nSPS) is 11.4. The Balaban J connectivity index is 2.39. The number of carbonyl (C=O) groups excluding carboxylic acids is 1. The number of rotatable bonds is 3. The van der Waals surface area contributed by atoms with E-state index in [2.05, 4.69) is 15.2 Å². The second-order valence-electron chi connectivity index (χ2n) is 3.35. The van der Waals surface area contributed by atoms with Gasteiger partial charge in [0.15, 0.2) is 6.61 Å². The van der Waals surface area contributed by atoms with E-state index in [0.717, 1.165) is 0 Å². The SMILES string of the molecule is Cc1noc(C)c1CNC(=O)OCC(F)(F)F. The first-order chi connectivity index (χ1) is 7.79. The number of nitrogens with one attached hydrogen (secondary N) is 1. The number of aryl methyl sites for hydroxylation is 2. The minimum Gasteiger partial charge on any atom is -0.440 e. The molecule has 0 spiro atoms. The van der Waals surface area contributed by atoms with Crippen molar-refractivity contribution in [3.8, 4) is 0 Å². The standard InChI is InChI=1S/C9H11F3N2O3/c1-5-7(6(2)17-14-5)3-13-8(15)16-4-9(10,11)12/h3-4H2,1-2H3,(H,13,15). The fourth-order valence-corrected chi connectivity index (χ4v) is 1.11.